The average molecular weight is 250 g/mol. The van der Waals surface area contributed by atoms with Crippen LogP contribution in [0.5, 0.6) is 0 Å². The molecule has 0 atom stereocenters. The van der Waals surface area contributed by atoms with Crippen molar-refractivity contribution in [3.05, 3.63) is 40.7 Å². The fourth-order valence-corrected chi connectivity index (χ4v) is 2.01. The Bertz CT molecular complexity index is 514. The standard InChI is InChI=1S/C13H16ClN3/c1-3-9-4-6-10(7-5-9)13-16-11(8-15)12(14)17(13)2/h4-7H,3,8,15H2,1-2H3. The summed E-state index contributed by atoms with van der Waals surface area (Å²) in [4.78, 5) is 4.46. The van der Waals surface area contributed by atoms with Gasteiger partial charge in [0, 0.05) is 19.2 Å². The number of halogens is 1. The van der Waals surface area contributed by atoms with Gasteiger partial charge >= 0.3 is 0 Å². The maximum Gasteiger partial charge on any atom is 0.141 e. The van der Waals surface area contributed by atoms with E-state index in [2.05, 4.69) is 36.2 Å². The van der Waals surface area contributed by atoms with Gasteiger partial charge in [0.1, 0.15) is 11.0 Å². The van der Waals surface area contributed by atoms with E-state index in [9.17, 15) is 0 Å². The van der Waals surface area contributed by atoms with Gasteiger partial charge in [0.25, 0.3) is 0 Å². The molecular formula is C13H16ClN3. The summed E-state index contributed by atoms with van der Waals surface area (Å²) in [5.41, 5.74) is 8.71. The lowest BCUT2D eigenvalue weighted by Crippen LogP contribution is -1.97. The molecule has 0 aliphatic rings. The molecule has 1 heterocycles. The lowest BCUT2D eigenvalue weighted by atomic mass is 10.1. The summed E-state index contributed by atoms with van der Waals surface area (Å²) in [6.45, 7) is 2.50. The molecule has 2 aromatic rings. The smallest absolute Gasteiger partial charge is 0.141 e. The maximum absolute atomic E-state index is 6.14. The van der Waals surface area contributed by atoms with E-state index in [1.54, 1.807) is 0 Å². The van der Waals surface area contributed by atoms with E-state index in [0.29, 0.717) is 11.7 Å². The van der Waals surface area contributed by atoms with Crippen molar-refractivity contribution in [3.8, 4) is 11.4 Å². The molecule has 4 heteroatoms. The van der Waals surface area contributed by atoms with Crippen LogP contribution in [0.2, 0.25) is 5.15 Å². The van der Waals surface area contributed by atoms with Gasteiger partial charge in [-0.1, -0.05) is 42.8 Å². The number of rotatable bonds is 3. The first-order chi connectivity index (χ1) is 8.17. The van der Waals surface area contributed by atoms with Gasteiger partial charge in [0.2, 0.25) is 0 Å². The Morgan fingerprint density at radius 1 is 1.29 bits per heavy atom. The summed E-state index contributed by atoms with van der Waals surface area (Å²) in [6.07, 6.45) is 1.04. The molecule has 3 nitrogen and oxygen atoms in total. The minimum absolute atomic E-state index is 0.361. The maximum atomic E-state index is 6.14. The van der Waals surface area contributed by atoms with E-state index in [4.69, 9.17) is 17.3 Å². The molecule has 0 aliphatic carbocycles. The van der Waals surface area contributed by atoms with Gasteiger partial charge < -0.3 is 10.3 Å². The number of benzene rings is 1. The molecule has 0 bridgehead atoms. The first-order valence-corrected chi connectivity index (χ1v) is 6.05. The quantitative estimate of drug-likeness (QED) is 0.909. The zero-order chi connectivity index (χ0) is 12.4. The summed E-state index contributed by atoms with van der Waals surface area (Å²) >= 11 is 6.14. The van der Waals surface area contributed by atoms with Gasteiger partial charge in [-0.05, 0) is 12.0 Å². The van der Waals surface area contributed by atoms with Crippen LogP contribution >= 0.6 is 11.6 Å². The number of hydrogen-bond acceptors (Lipinski definition) is 2. The Hall–Kier alpha value is -1.32. The summed E-state index contributed by atoms with van der Waals surface area (Å²) in [5.74, 6) is 0.859. The Labute approximate surface area is 106 Å². The highest BCUT2D eigenvalue weighted by molar-refractivity contribution is 6.30. The van der Waals surface area contributed by atoms with Crippen LogP contribution in [0.1, 0.15) is 18.2 Å². The number of nitrogens with zero attached hydrogens (tertiary/aromatic N) is 2. The van der Waals surface area contributed by atoms with Gasteiger partial charge in [-0.25, -0.2) is 4.98 Å². The van der Waals surface area contributed by atoms with Crippen molar-refractivity contribution in [1.29, 1.82) is 0 Å². The molecule has 0 saturated heterocycles. The van der Waals surface area contributed by atoms with E-state index >= 15 is 0 Å². The first kappa shape index (κ1) is 12.1. The predicted molar refractivity (Wildman–Crippen MR) is 70.9 cm³/mol. The number of nitrogens with two attached hydrogens (primary N) is 1. The normalized spacial score (nSPS) is 10.8. The van der Waals surface area contributed by atoms with Crippen molar-refractivity contribution in [2.24, 2.45) is 12.8 Å². The number of aromatic nitrogens is 2. The van der Waals surface area contributed by atoms with Gasteiger partial charge in [-0.3, -0.25) is 0 Å². The van der Waals surface area contributed by atoms with Crippen molar-refractivity contribution < 1.29 is 0 Å². The van der Waals surface area contributed by atoms with Gasteiger partial charge in [-0.2, -0.15) is 0 Å². The van der Waals surface area contributed by atoms with Crippen LogP contribution in [0.25, 0.3) is 11.4 Å². The molecule has 0 saturated carbocycles. The second kappa shape index (κ2) is 4.90. The van der Waals surface area contributed by atoms with Crippen LogP contribution in [0.15, 0.2) is 24.3 Å². The topological polar surface area (TPSA) is 43.8 Å². The molecule has 0 fully saturated rings. The second-order valence-corrected chi connectivity index (χ2v) is 4.34. The van der Waals surface area contributed by atoms with Crippen LogP contribution in [-0.4, -0.2) is 9.55 Å². The predicted octanol–water partition coefficient (Wildman–Crippen LogP) is 2.76. The molecule has 0 radical (unpaired) electrons. The Kier molecular flexibility index (Phi) is 3.50. The molecule has 0 unspecified atom stereocenters. The summed E-state index contributed by atoms with van der Waals surface area (Å²) in [7, 11) is 1.90. The molecule has 2 rings (SSSR count). The number of imidazole rings is 1. The minimum Gasteiger partial charge on any atom is -0.325 e. The van der Waals surface area contributed by atoms with Gasteiger partial charge in [0.15, 0.2) is 0 Å². The van der Waals surface area contributed by atoms with Crippen molar-refractivity contribution in [3.63, 3.8) is 0 Å². The van der Waals surface area contributed by atoms with Crippen molar-refractivity contribution in [2.75, 3.05) is 0 Å². The molecule has 1 aromatic carbocycles. The highest BCUT2D eigenvalue weighted by Gasteiger charge is 2.12. The third-order valence-corrected chi connectivity index (χ3v) is 3.38. The first-order valence-electron chi connectivity index (χ1n) is 5.67. The van der Waals surface area contributed by atoms with E-state index < -0.39 is 0 Å². The highest BCUT2D eigenvalue weighted by Crippen LogP contribution is 2.24. The molecule has 0 amide bonds. The zero-order valence-corrected chi connectivity index (χ0v) is 10.8. The molecule has 2 N–H and O–H groups in total. The Morgan fingerprint density at radius 2 is 1.94 bits per heavy atom. The average Bonchev–Trinajstić information content (AvgIpc) is 2.66. The Balaban J connectivity index is 2.45. The van der Waals surface area contributed by atoms with Crippen LogP contribution in [-0.2, 0) is 20.0 Å². The zero-order valence-electron chi connectivity index (χ0n) is 10.1. The summed E-state index contributed by atoms with van der Waals surface area (Å²) in [5, 5.41) is 0.613. The van der Waals surface area contributed by atoms with E-state index in [0.717, 1.165) is 23.5 Å². The van der Waals surface area contributed by atoms with Crippen LogP contribution in [0.4, 0.5) is 0 Å². The van der Waals surface area contributed by atoms with Gasteiger partial charge in [0.05, 0.1) is 5.69 Å². The molecule has 0 spiro atoms. The SMILES string of the molecule is CCc1ccc(-c2nc(CN)c(Cl)n2C)cc1. The Morgan fingerprint density at radius 3 is 2.41 bits per heavy atom. The second-order valence-electron chi connectivity index (χ2n) is 3.99. The molecule has 17 heavy (non-hydrogen) atoms. The van der Waals surface area contributed by atoms with E-state index in [1.165, 1.54) is 5.56 Å². The molecule has 90 valence electrons. The third kappa shape index (κ3) is 2.21. The van der Waals surface area contributed by atoms with Crippen molar-refractivity contribution >= 4 is 11.6 Å². The largest absolute Gasteiger partial charge is 0.325 e. The summed E-state index contributed by atoms with van der Waals surface area (Å²) < 4.78 is 1.87. The fourth-order valence-electron chi connectivity index (χ4n) is 1.81. The number of hydrogen-bond donors (Lipinski definition) is 1. The lowest BCUT2D eigenvalue weighted by molar-refractivity contribution is 0.922. The summed E-state index contributed by atoms with van der Waals surface area (Å²) in [6, 6.07) is 8.36. The van der Waals surface area contributed by atoms with Crippen molar-refractivity contribution in [1.82, 2.24) is 9.55 Å². The minimum atomic E-state index is 0.361. The fraction of sp³-hybridized carbons (Fsp3) is 0.308. The molecular weight excluding hydrogens is 234 g/mol. The lowest BCUT2D eigenvalue weighted by Gasteiger charge is -2.03. The van der Waals surface area contributed by atoms with E-state index in [1.807, 2.05) is 11.6 Å². The van der Waals surface area contributed by atoms with Crippen molar-refractivity contribution in [2.45, 2.75) is 19.9 Å². The third-order valence-electron chi connectivity index (χ3n) is 2.90. The monoisotopic (exact) mass is 249 g/mol. The van der Waals surface area contributed by atoms with Crippen LogP contribution in [0.3, 0.4) is 0 Å². The van der Waals surface area contributed by atoms with Crippen LogP contribution < -0.4 is 5.73 Å². The van der Waals surface area contributed by atoms with Crippen LogP contribution in [0, 0.1) is 0 Å². The van der Waals surface area contributed by atoms with E-state index in [-0.39, 0.29) is 0 Å². The molecule has 1 aromatic heterocycles. The van der Waals surface area contributed by atoms with Gasteiger partial charge in [-0.15, -0.1) is 0 Å². The number of aryl methyl sites for hydroxylation is 1. The highest BCUT2D eigenvalue weighted by atomic mass is 35.5. The molecule has 0 aliphatic heterocycles.